The Morgan fingerprint density at radius 3 is 2.64 bits per heavy atom. The van der Waals surface area contributed by atoms with Gasteiger partial charge in [0.1, 0.15) is 0 Å². The Hall–Kier alpha value is -0.860. The molecule has 0 aliphatic carbocycles. The van der Waals surface area contributed by atoms with Crippen LogP contribution in [0.5, 0.6) is 0 Å². The Morgan fingerprint density at radius 1 is 1.29 bits per heavy atom. The van der Waals surface area contributed by atoms with Crippen molar-refractivity contribution in [2.75, 3.05) is 6.61 Å². The van der Waals surface area contributed by atoms with Crippen LogP contribution >= 0.6 is 0 Å². The van der Waals surface area contributed by atoms with Crippen LogP contribution in [0.1, 0.15) is 30.1 Å². The van der Waals surface area contributed by atoms with E-state index in [0.29, 0.717) is 0 Å². The van der Waals surface area contributed by atoms with Crippen LogP contribution in [0.3, 0.4) is 0 Å². The first-order valence-electron chi connectivity index (χ1n) is 5.21. The molecule has 0 amide bonds. The first-order chi connectivity index (χ1) is 6.77. The third-order valence-electron chi connectivity index (χ3n) is 2.77. The van der Waals surface area contributed by atoms with Gasteiger partial charge in [0.15, 0.2) is 0 Å². The Labute approximate surface area is 85.1 Å². The molecule has 0 aromatic heterocycles. The molecule has 1 aliphatic heterocycles. The molecule has 1 saturated heterocycles. The fraction of sp³-hybridized carbons (Fsp3) is 0.500. The summed E-state index contributed by atoms with van der Waals surface area (Å²) < 4.78 is 5.69. The van der Waals surface area contributed by atoms with Crippen LogP contribution in [-0.4, -0.2) is 12.6 Å². The lowest BCUT2D eigenvalue weighted by Gasteiger charge is -2.29. The minimum atomic E-state index is 0.101. The van der Waals surface area contributed by atoms with Gasteiger partial charge in [-0.1, -0.05) is 29.8 Å². The first-order valence-corrected chi connectivity index (χ1v) is 5.21. The van der Waals surface area contributed by atoms with Gasteiger partial charge >= 0.3 is 0 Å². The number of hydrogen-bond donors (Lipinski definition) is 1. The number of hydrogen-bond acceptors (Lipinski definition) is 2. The predicted molar refractivity (Wildman–Crippen MR) is 57.1 cm³/mol. The lowest BCUT2D eigenvalue weighted by molar-refractivity contribution is 0.000142. The van der Waals surface area contributed by atoms with E-state index in [2.05, 4.69) is 31.2 Å². The summed E-state index contributed by atoms with van der Waals surface area (Å²) >= 11 is 0. The highest BCUT2D eigenvalue weighted by atomic mass is 16.5. The normalized spacial score (nSPS) is 27.6. The van der Waals surface area contributed by atoms with E-state index in [0.717, 1.165) is 19.4 Å². The van der Waals surface area contributed by atoms with E-state index < -0.39 is 0 Å². The third-order valence-corrected chi connectivity index (χ3v) is 2.77. The quantitative estimate of drug-likeness (QED) is 0.738. The van der Waals surface area contributed by atoms with E-state index in [-0.39, 0.29) is 12.1 Å². The topological polar surface area (TPSA) is 35.2 Å². The number of nitrogens with two attached hydrogens (primary N) is 1. The van der Waals surface area contributed by atoms with Gasteiger partial charge in [-0.15, -0.1) is 0 Å². The summed E-state index contributed by atoms with van der Waals surface area (Å²) in [6, 6.07) is 8.61. The van der Waals surface area contributed by atoms with Crippen LogP contribution < -0.4 is 5.73 Å². The van der Waals surface area contributed by atoms with E-state index in [1.54, 1.807) is 0 Å². The number of rotatable bonds is 1. The maximum Gasteiger partial charge on any atom is 0.0975 e. The van der Waals surface area contributed by atoms with Gasteiger partial charge in [-0.3, -0.25) is 0 Å². The maximum atomic E-state index is 6.02. The highest BCUT2D eigenvalue weighted by Crippen LogP contribution is 2.26. The van der Waals surface area contributed by atoms with E-state index in [1.807, 2.05) is 0 Å². The molecular weight excluding hydrogens is 174 g/mol. The second-order valence-corrected chi connectivity index (χ2v) is 4.01. The molecule has 0 bridgehead atoms. The third kappa shape index (κ3) is 1.97. The molecule has 76 valence electrons. The minimum Gasteiger partial charge on any atom is -0.372 e. The van der Waals surface area contributed by atoms with Crippen LogP contribution in [0.4, 0.5) is 0 Å². The van der Waals surface area contributed by atoms with Crippen molar-refractivity contribution >= 4 is 0 Å². The molecule has 1 aromatic rings. The van der Waals surface area contributed by atoms with Crippen molar-refractivity contribution in [2.24, 2.45) is 5.73 Å². The fourth-order valence-corrected chi connectivity index (χ4v) is 1.90. The monoisotopic (exact) mass is 191 g/mol. The zero-order valence-electron chi connectivity index (χ0n) is 8.57. The first kappa shape index (κ1) is 9.69. The van der Waals surface area contributed by atoms with E-state index in [4.69, 9.17) is 10.5 Å². The van der Waals surface area contributed by atoms with Crippen molar-refractivity contribution in [3.8, 4) is 0 Å². The molecular formula is C12H17NO. The summed E-state index contributed by atoms with van der Waals surface area (Å²) in [5, 5.41) is 0. The van der Waals surface area contributed by atoms with Gasteiger partial charge in [0.05, 0.1) is 6.10 Å². The molecule has 0 radical (unpaired) electrons. The van der Waals surface area contributed by atoms with Crippen LogP contribution in [0.15, 0.2) is 24.3 Å². The Kier molecular flexibility index (Phi) is 2.85. The molecule has 1 heterocycles. The molecule has 1 aliphatic rings. The molecule has 2 atom stereocenters. The summed E-state index contributed by atoms with van der Waals surface area (Å²) in [5.74, 6) is 0. The van der Waals surface area contributed by atoms with Gasteiger partial charge in [-0.25, -0.2) is 0 Å². The lowest BCUT2D eigenvalue weighted by atomic mass is 9.96. The SMILES string of the molecule is Cc1ccc([C@@H]2OCCC[C@H]2N)cc1. The largest absolute Gasteiger partial charge is 0.372 e. The molecule has 1 fully saturated rings. The zero-order valence-corrected chi connectivity index (χ0v) is 8.57. The molecule has 14 heavy (non-hydrogen) atoms. The molecule has 1 aromatic carbocycles. The maximum absolute atomic E-state index is 6.02. The van der Waals surface area contributed by atoms with Crippen molar-refractivity contribution < 1.29 is 4.74 Å². The Morgan fingerprint density at radius 2 is 2.00 bits per heavy atom. The highest BCUT2D eigenvalue weighted by molar-refractivity contribution is 5.24. The standard InChI is InChI=1S/C12H17NO/c1-9-4-6-10(7-5-9)12-11(13)3-2-8-14-12/h4-7,11-12H,2-3,8,13H2,1H3/t11-,12+/m1/s1. The average molecular weight is 191 g/mol. The van der Waals surface area contributed by atoms with Gasteiger partial charge in [-0.2, -0.15) is 0 Å². The summed E-state index contributed by atoms with van der Waals surface area (Å²) in [6.07, 6.45) is 2.26. The van der Waals surface area contributed by atoms with Crippen LogP contribution in [-0.2, 0) is 4.74 Å². The fourth-order valence-electron chi connectivity index (χ4n) is 1.90. The molecule has 2 nitrogen and oxygen atoms in total. The molecule has 0 unspecified atom stereocenters. The van der Waals surface area contributed by atoms with Gasteiger partial charge < -0.3 is 10.5 Å². The van der Waals surface area contributed by atoms with Crippen LogP contribution in [0.2, 0.25) is 0 Å². The lowest BCUT2D eigenvalue weighted by Crippen LogP contribution is -2.34. The molecule has 0 saturated carbocycles. The molecule has 0 spiro atoms. The van der Waals surface area contributed by atoms with Gasteiger partial charge in [0.2, 0.25) is 0 Å². The second-order valence-electron chi connectivity index (χ2n) is 4.01. The van der Waals surface area contributed by atoms with E-state index in [1.165, 1.54) is 11.1 Å². The summed E-state index contributed by atoms with van der Waals surface area (Å²) in [4.78, 5) is 0. The summed E-state index contributed by atoms with van der Waals surface area (Å²) in [6.45, 7) is 2.93. The Bertz CT molecular complexity index is 294. The van der Waals surface area contributed by atoms with E-state index >= 15 is 0 Å². The zero-order chi connectivity index (χ0) is 9.97. The molecule has 2 heteroatoms. The van der Waals surface area contributed by atoms with Crippen LogP contribution in [0, 0.1) is 6.92 Å². The minimum absolute atomic E-state index is 0.101. The smallest absolute Gasteiger partial charge is 0.0975 e. The number of aryl methyl sites for hydroxylation is 1. The van der Waals surface area contributed by atoms with E-state index in [9.17, 15) is 0 Å². The predicted octanol–water partition coefficient (Wildman–Crippen LogP) is 2.17. The van der Waals surface area contributed by atoms with Crippen molar-refractivity contribution in [3.05, 3.63) is 35.4 Å². The van der Waals surface area contributed by atoms with Gasteiger partial charge in [-0.05, 0) is 25.3 Å². The summed E-state index contributed by atoms with van der Waals surface area (Å²) in [7, 11) is 0. The number of benzene rings is 1. The number of ether oxygens (including phenoxy) is 1. The van der Waals surface area contributed by atoms with Crippen molar-refractivity contribution in [2.45, 2.75) is 31.9 Å². The Balaban J connectivity index is 2.16. The van der Waals surface area contributed by atoms with Crippen LogP contribution in [0.25, 0.3) is 0 Å². The highest BCUT2D eigenvalue weighted by Gasteiger charge is 2.23. The molecule has 2 rings (SSSR count). The molecule has 2 N–H and O–H groups in total. The second kappa shape index (κ2) is 4.11. The van der Waals surface area contributed by atoms with Crippen molar-refractivity contribution in [3.63, 3.8) is 0 Å². The van der Waals surface area contributed by atoms with Crippen molar-refractivity contribution in [1.82, 2.24) is 0 Å². The average Bonchev–Trinajstić information content (AvgIpc) is 2.20. The summed E-state index contributed by atoms with van der Waals surface area (Å²) in [5.41, 5.74) is 8.51. The van der Waals surface area contributed by atoms with Crippen molar-refractivity contribution in [1.29, 1.82) is 0 Å². The van der Waals surface area contributed by atoms with Gasteiger partial charge in [0, 0.05) is 12.6 Å². The van der Waals surface area contributed by atoms with Gasteiger partial charge in [0.25, 0.3) is 0 Å².